The summed E-state index contributed by atoms with van der Waals surface area (Å²) >= 11 is 0. The normalized spacial score (nSPS) is 26.5. The van der Waals surface area contributed by atoms with Gasteiger partial charge in [0.2, 0.25) is 0 Å². The third-order valence-electron chi connectivity index (χ3n) is 2.76. The van der Waals surface area contributed by atoms with E-state index < -0.39 is 12.1 Å². The highest BCUT2D eigenvalue weighted by Gasteiger charge is 2.26. The van der Waals surface area contributed by atoms with Gasteiger partial charge in [0.1, 0.15) is 0 Å². The Bertz CT molecular complexity index is 363. The van der Waals surface area contributed by atoms with Crippen LogP contribution in [0.15, 0.2) is 6.20 Å². The molecule has 0 radical (unpaired) electrons. The number of hydrogen-bond acceptors (Lipinski definition) is 4. The third kappa shape index (κ3) is 1.99. The second kappa shape index (κ2) is 3.98. The fourth-order valence-corrected chi connectivity index (χ4v) is 1.94. The Morgan fingerprint density at radius 1 is 1.47 bits per heavy atom. The monoisotopic (exact) mass is 211 g/mol. The molecule has 6 nitrogen and oxygen atoms in total. The van der Waals surface area contributed by atoms with E-state index in [0.717, 1.165) is 25.7 Å². The van der Waals surface area contributed by atoms with Crippen LogP contribution in [-0.4, -0.2) is 37.3 Å². The van der Waals surface area contributed by atoms with Crippen LogP contribution >= 0.6 is 0 Å². The number of aromatic nitrogens is 3. The largest absolute Gasteiger partial charge is 0.476 e. The molecule has 2 rings (SSSR count). The van der Waals surface area contributed by atoms with Gasteiger partial charge < -0.3 is 10.2 Å². The molecule has 0 amide bonds. The lowest BCUT2D eigenvalue weighted by atomic mass is 9.93. The molecular weight excluding hydrogens is 198 g/mol. The van der Waals surface area contributed by atoms with Crippen LogP contribution in [0, 0.1) is 0 Å². The maximum atomic E-state index is 10.6. The van der Waals surface area contributed by atoms with Gasteiger partial charge in [-0.2, -0.15) is 0 Å². The summed E-state index contributed by atoms with van der Waals surface area (Å²) < 4.78 is 1.47. The molecule has 0 aliphatic heterocycles. The summed E-state index contributed by atoms with van der Waals surface area (Å²) in [5, 5.41) is 25.7. The Morgan fingerprint density at radius 2 is 2.20 bits per heavy atom. The molecule has 2 N–H and O–H groups in total. The summed E-state index contributed by atoms with van der Waals surface area (Å²) in [4.78, 5) is 10.6. The zero-order valence-electron chi connectivity index (χ0n) is 8.20. The molecule has 1 aliphatic rings. The van der Waals surface area contributed by atoms with Gasteiger partial charge in [0, 0.05) is 0 Å². The van der Waals surface area contributed by atoms with Crippen LogP contribution in [0.25, 0.3) is 0 Å². The molecule has 1 aromatic rings. The Morgan fingerprint density at radius 3 is 2.80 bits per heavy atom. The molecule has 0 aromatic carbocycles. The maximum Gasteiger partial charge on any atom is 0.358 e. The number of carboxylic acids is 1. The van der Waals surface area contributed by atoms with E-state index in [9.17, 15) is 9.90 Å². The number of aromatic carboxylic acids is 1. The molecule has 6 heteroatoms. The minimum atomic E-state index is -1.09. The first-order chi connectivity index (χ1) is 7.18. The van der Waals surface area contributed by atoms with Crippen LogP contribution < -0.4 is 0 Å². The lowest BCUT2D eigenvalue weighted by molar-refractivity contribution is 0.0672. The molecule has 1 heterocycles. The van der Waals surface area contributed by atoms with Crippen LogP contribution in [-0.2, 0) is 0 Å². The highest BCUT2D eigenvalue weighted by atomic mass is 16.4. The van der Waals surface area contributed by atoms with Crippen molar-refractivity contribution in [2.24, 2.45) is 0 Å². The molecule has 1 aromatic heterocycles. The van der Waals surface area contributed by atoms with Gasteiger partial charge in [-0.3, -0.25) is 0 Å². The summed E-state index contributed by atoms with van der Waals surface area (Å²) in [6.45, 7) is 0. The van der Waals surface area contributed by atoms with Gasteiger partial charge in [0.15, 0.2) is 5.69 Å². The van der Waals surface area contributed by atoms with Crippen molar-refractivity contribution in [2.45, 2.75) is 37.8 Å². The van der Waals surface area contributed by atoms with Crippen LogP contribution in [0.5, 0.6) is 0 Å². The van der Waals surface area contributed by atoms with Gasteiger partial charge in [0.05, 0.1) is 18.3 Å². The summed E-state index contributed by atoms with van der Waals surface area (Å²) in [7, 11) is 0. The van der Waals surface area contributed by atoms with Crippen LogP contribution in [0.2, 0.25) is 0 Å². The van der Waals surface area contributed by atoms with E-state index >= 15 is 0 Å². The molecule has 0 saturated heterocycles. The molecule has 1 aliphatic carbocycles. The van der Waals surface area contributed by atoms with Gasteiger partial charge in [-0.1, -0.05) is 18.1 Å². The topological polar surface area (TPSA) is 88.2 Å². The van der Waals surface area contributed by atoms with Gasteiger partial charge in [-0.25, -0.2) is 9.48 Å². The lowest BCUT2D eigenvalue weighted by Gasteiger charge is -2.26. The van der Waals surface area contributed by atoms with Crippen molar-refractivity contribution in [3.63, 3.8) is 0 Å². The van der Waals surface area contributed by atoms with Crippen LogP contribution in [0.4, 0.5) is 0 Å². The minimum absolute atomic E-state index is 0.0761. The number of carboxylic acid groups (broad SMARTS) is 1. The Labute approximate surface area is 86.5 Å². The average molecular weight is 211 g/mol. The van der Waals surface area contributed by atoms with Crippen molar-refractivity contribution in [3.05, 3.63) is 11.9 Å². The number of aliphatic hydroxyl groups is 1. The molecule has 82 valence electrons. The maximum absolute atomic E-state index is 10.6. The number of hydrogen-bond donors (Lipinski definition) is 2. The summed E-state index contributed by atoms with van der Waals surface area (Å²) in [6, 6.07) is -0.126. The number of aliphatic hydroxyl groups excluding tert-OH is 1. The van der Waals surface area contributed by atoms with Crippen LogP contribution in [0.1, 0.15) is 42.2 Å². The van der Waals surface area contributed by atoms with Crippen molar-refractivity contribution in [1.82, 2.24) is 15.0 Å². The van der Waals surface area contributed by atoms with Crippen molar-refractivity contribution < 1.29 is 15.0 Å². The van der Waals surface area contributed by atoms with E-state index in [1.807, 2.05) is 0 Å². The van der Waals surface area contributed by atoms with Crippen LogP contribution in [0.3, 0.4) is 0 Å². The highest BCUT2D eigenvalue weighted by Crippen LogP contribution is 2.27. The molecule has 1 saturated carbocycles. The molecule has 1 fully saturated rings. The molecule has 15 heavy (non-hydrogen) atoms. The predicted molar refractivity (Wildman–Crippen MR) is 50.5 cm³/mol. The predicted octanol–water partition coefficient (Wildman–Crippen LogP) is 0.452. The van der Waals surface area contributed by atoms with Crippen molar-refractivity contribution in [1.29, 1.82) is 0 Å². The van der Waals surface area contributed by atoms with Gasteiger partial charge in [-0.05, 0) is 12.8 Å². The molecule has 0 bridgehead atoms. The summed E-state index contributed by atoms with van der Waals surface area (Å²) in [6.07, 6.45) is 4.54. The van der Waals surface area contributed by atoms with E-state index in [0.29, 0.717) is 0 Å². The second-order valence-corrected chi connectivity index (χ2v) is 3.81. The summed E-state index contributed by atoms with van der Waals surface area (Å²) in [5.41, 5.74) is -0.0761. The van der Waals surface area contributed by atoms with Gasteiger partial charge in [-0.15, -0.1) is 5.10 Å². The molecule has 0 spiro atoms. The molecular formula is C9H13N3O3. The van der Waals surface area contributed by atoms with Gasteiger partial charge in [0.25, 0.3) is 0 Å². The smallest absolute Gasteiger partial charge is 0.358 e. The Kier molecular flexibility index (Phi) is 2.68. The zero-order valence-corrected chi connectivity index (χ0v) is 8.20. The fourth-order valence-electron chi connectivity index (χ4n) is 1.94. The number of rotatable bonds is 2. The first-order valence-corrected chi connectivity index (χ1v) is 5.01. The van der Waals surface area contributed by atoms with E-state index in [-0.39, 0.29) is 11.7 Å². The highest BCUT2D eigenvalue weighted by molar-refractivity contribution is 5.84. The molecule has 2 unspecified atom stereocenters. The Hall–Kier alpha value is -1.43. The van der Waals surface area contributed by atoms with E-state index in [1.165, 1.54) is 10.9 Å². The lowest BCUT2D eigenvalue weighted by Crippen LogP contribution is -2.27. The van der Waals surface area contributed by atoms with Crippen molar-refractivity contribution >= 4 is 5.97 Å². The average Bonchev–Trinajstić information content (AvgIpc) is 2.67. The van der Waals surface area contributed by atoms with E-state index in [4.69, 9.17) is 5.11 Å². The van der Waals surface area contributed by atoms with E-state index in [1.54, 1.807) is 0 Å². The van der Waals surface area contributed by atoms with Crippen molar-refractivity contribution in [2.75, 3.05) is 0 Å². The fraction of sp³-hybridized carbons (Fsp3) is 0.667. The standard InChI is InChI=1S/C9H13N3O3/c13-8-4-2-1-3-7(8)12-5-6(9(14)15)10-11-12/h5,7-8,13H,1-4H2,(H,14,15). The minimum Gasteiger partial charge on any atom is -0.476 e. The van der Waals surface area contributed by atoms with E-state index in [2.05, 4.69) is 10.3 Å². The SMILES string of the molecule is O=C(O)c1cn(C2CCCCC2O)nn1. The first kappa shape index (κ1) is 10.1. The Balaban J connectivity index is 2.17. The quantitative estimate of drug-likeness (QED) is 0.741. The first-order valence-electron chi connectivity index (χ1n) is 5.01. The second-order valence-electron chi connectivity index (χ2n) is 3.81. The van der Waals surface area contributed by atoms with Gasteiger partial charge >= 0.3 is 5.97 Å². The van der Waals surface area contributed by atoms with Crippen molar-refractivity contribution in [3.8, 4) is 0 Å². The molecule has 2 atom stereocenters. The number of nitrogens with zero attached hydrogens (tertiary/aromatic N) is 3. The third-order valence-corrected chi connectivity index (χ3v) is 2.76. The number of carbonyl (C=O) groups is 1. The summed E-state index contributed by atoms with van der Waals surface area (Å²) in [5.74, 6) is -1.09. The zero-order chi connectivity index (χ0) is 10.8.